The highest BCUT2D eigenvalue weighted by Gasteiger charge is 2.34. The predicted molar refractivity (Wildman–Crippen MR) is 86.2 cm³/mol. The Morgan fingerprint density at radius 3 is 2.71 bits per heavy atom. The van der Waals surface area contributed by atoms with Crippen LogP contribution in [0.4, 0.5) is 11.4 Å². The third-order valence-corrected chi connectivity index (χ3v) is 5.10. The predicted octanol–water partition coefficient (Wildman–Crippen LogP) is 1.87. The molecule has 0 saturated carbocycles. The highest BCUT2D eigenvalue weighted by atomic mass is 32.2. The summed E-state index contributed by atoms with van der Waals surface area (Å²) in [5.74, 6) is 0.743. The van der Waals surface area contributed by atoms with E-state index in [9.17, 15) is 8.42 Å². The number of nitrogens with one attached hydrogen (secondary N) is 2. The largest absolute Gasteiger partial charge is 0.382 e. The zero-order valence-electron chi connectivity index (χ0n) is 12.6. The Hall–Kier alpha value is -1.27. The van der Waals surface area contributed by atoms with Gasteiger partial charge in [0.15, 0.2) is 0 Å². The maximum absolute atomic E-state index is 11.3. The van der Waals surface area contributed by atoms with Crippen molar-refractivity contribution in [2.45, 2.75) is 25.8 Å². The first-order chi connectivity index (χ1) is 9.90. The molecule has 2 saturated heterocycles. The van der Waals surface area contributed by atoms with Crippen LogP contribution in [0.1, 0.15) is 18.4 Å². The van der Waals surface area contributed by atoms with Crippen molar-refractivity contribution >= 4 is 21.4 Å². The first kappa shape index (κ1) is 14.7. The quantitative estimate of drug-likeness (QED) is 0.891. The minimum absolute atomic E-state index is 0.539. The van der Waals surface area contributed by atoms with Gasteiger partial charge in [-0.15, -0.1) is 0 Å². The molecule has 1 aromatic rings. The molecule has 2 N–H and O–H groups in total. The lowest BCUT2D eigenvalue weighted by Gasteiger charge is -2.31. The van der Waals surface area contributed by atoms with Gasteiger partial charge >= 0.3 is 0 Å². The van der Waals surface area contributed by atoms with Crippen LogP contribution in [0, 0.1) is 12.8 Å². The van der Waals surface area contributed by atoms with Crippen LogP contribution in [0.2, 0.25) is 0 Å². The van der Waals surface area contributed by atoms with Gasteiger partial charge in [-0.2, -0.15) is 0 Å². The molecule has 3 unspecified atom stereocenters. The van der Waals surface area contributed by atoms with Crippen LogP contribution < -0.4 is 10.0 Å². The first-order valence-corrected chi connectivity index (χ1v) is 9.37. The number of benzene rings is 1. The lowest BCUT2D eigenvalue weighted by molar-refractivity contribution is 0.255. The van der Waals surface area contributed by atoms with Gasteiger partial charge in [0, 0.05) is 24.8 Å². The average molecular weight is 309 g/mol. The Morgan fingerprint density at radius 2 is 2.00 bits per heavy atom. The number of hydrogen-bond donors (Lipinski definition) is 2. The molecule has 0 spiro atoms. The minimum Gasteiger partial charge on any atom is -0.382 e. The summed E-state index contributed by atoms with van der Waals surface area (Å²) in [5, 5.41) is 3.64. The summed E-state index contributed by atoms with van der Waals surface area (Å²) in [6.07, 6.45) is 3.64. The molecule has 2 fully saturated rings. The summed E-state index contributed by atoms with van der Waals surface area (Å²) in [7, 11) is -3.22. The third-order valence-electron chi connectivity index (χ3n) is 4.51. The topological polar surface area (TPSA) is 61.4 Å². The van der Waals surface area contributed by atoms with Gasteiger partial charge in [-0.05, 0) is 56.0 Å². The smallest absolute Gasteiger partial charge is 0.229 e. The summed E-state index contributed by atoms with van der Waals surface area (Å²) >= 11 is 0. The molecule has 2 bridgehead atoms. The van der Waals surface area contributed by atoms with E-state index in [1.807, 2.05) is 25.1 Å². The van der Waals surface area contributed by atoms with Crippen LogP contribution in [-0.4, -0.2) is 45.2 Å². The van der Waals surface area contributed by atoms with E-state index in [-0.39, 0.29) is 0 Å². The molecule has 1 aromatic carbocycles. The number of aryl methyl sites for hydroxylation is 1. The summed E-state index contributed by atoms with van der Waals surface area (Å²) < 4.78 is 25.2. The normalized spacial score (nSPS) is 28.4. The molecule has 2 heterocycles. The van der Waals surface area contributed by atoms with Gasteiger partial charge in [0.2, 0.25) is 10.0 Å². The van der Waals surface area contributed by atoms with Crippen molar-refractivity contribution in [1.29, 1.82) is 0 Å². The molecule has 3 atom stereocenters. The fourth-order valence-electron chi connectivity index (χ4n) is 3.42. The third kappa shape index (κ3) is 3.49. The van der Waals surface area contributed by atoms with E-state index in [0.717, 1.165) is 17.2 Å². The van der Waals surface area contributed by atoms with Crippen LogP contribution in [0.5, 0.6) is 0 Å². The molecule has 2 aliphatic rings. The van der Waals surface area contributed by atoms with E-state index in [1.165, 1.54) is 38.7 Å². The highest BCUT2D eigenvalue weighted by molar-refractivity contribution is 7.92. The van der Waals surface area contributed by atoms with E-state index in [4.69, 9.17) is 0 Å². The molecule has 3 rings (SSSR count). The summed E-state index contributed by atoms with van der Waals surface area (Å²) in [6.45, 7) is 5.56. The summed E-state index contributed by atoms with van der Waals surface area (Å²) in [5.41, 5.74) is 2.67. The Kier molecular flexibility index (Phi) is 3.84. The zero-order valence-corrected chi connectivity index (χ0v) is 13.4. The highest BCUT2D eigenvalue weighted by Crippen LogP contribution is 2.30. The summed E-state index contributed by atoms with van der Waals surface area (Å²) in [6, 6.07) is 6.36. The molecule has 21 heavy (non-hydrogen) atoms. The van der Waals surface area contributed by atoms with Gasteiger partial charge in [-0.25, -0.2) is 8.42 Å². The maximum atomic E-state index is 11.3. The molecule has 0 aliphatic carbocycles. The second-order valence-corrected chi connectivity index (χ2v) is 8.04. The van der Waals surface area contributed by atoms with Crippen LogP contribution in [0.3, 0.4) is 0 Å². The lowest BCUT2D eigenvalue weighted by Crippen LogP contribution is -2.39. The number of hydrogen-bond acceptors (Lipinski definition) is 4. The summed E-state index contributed by atoms with van der Waals surface area (Å²) in [4.78, 5) is 2.53. The molecule has 5 nitrogen and oxygen atoms in total. The molecule has 6 heteroatoms. The molecule has 0 radical (unpaired) electrons. The number of fused-ring (bicyclic) bond motifs is 2. The monoisotopic (exact) mass is 309 g/mol. The number of sulfonamides is 1. The van der Waals surface area contributed by atoms with E-state index in [0.29, 0.717) is 11.7 Å². The van der Waals surface area contributed by atoms with E-state index < -0.39 is 10.0 Å². The van der Waals surface area contributed by atoms with Crippen molar-refractivity contribution in [3.63, 3.8) is 0 Å². The van der Waals surface area contributed by atoms with E-state index in [2.05, 4.69) is 14.9 Å². The van der Waals surface area contributed by atoms with Gasteiger partial charge in [0.25, 0.3) is 0 Å². The number of piperidine rings is 1. The second-order valence-electron chi connectivity index (χ2n) is 6.29. The fraction of sp³-hybridized carbons (Fsp3) is 0.600. The van der Waals surface area contributed by atoms with Crippen LogP contribution in [-0.2, 0) is 10.0 Å². The van der Waals surface area contributed by atoms with Crippen molar-refractivity contribution < 1.29 is 8.42 Å². The van der Waals surface area contributed by atoms with Crippen molar-refractivity contribution in [3.05, 3.63) is 23.8 Å². The zero-order chi connectivity index (χ0) is 15.0. The molecular formula is C15H23N3O2S. The standard InChI is InChI=1S/C15H23N3O2S/c1-11-9-13(3-4-14(11)17-21(2,19)20)16-15-6-8-18-7-5-12(15)10-18/h3-4,9,12,15-17H,5-8,10H2,1-2H3. The van der Waals surface area contributed by atoms with Gasteiger partial charge in [0.1, 0.15) is 0 Å². The Morgan fingerprint density at radius 1 is 1.24 bits per heavy atom. The van der Waals surface area contributed by atoms with E-state index >= 15 is 0 Å². The molecule has 2 aliphatic heterocycles. The number of rotatable bonds is 4. The van der Waals surface area contributed by atoms with Crippen molar-refractivity contribution in [2.75, 3.05) is 35.9 Å². The SMILES string of the molecule is Cc1cc(NC2CCN3CCC2C3)ccc1NS(C)(=O)=O. The lowest BCUT2D eigenvalue weighted by atomic mass is 9.94. The molecule has 116 valence electrons. The number of nitrogens with zero attached hydrogens (tertiary/aromatic N) is 1. The average Bonchev–Trinajstić information content (AvgIpc) is 2.78. The van der Waals surface area contributed by atoms with Gasteiger partial charge in [-0.1, -0.05) is 0 Å². The Labute approximate surface area is 126 Å². The van der Waals surface area contributed by atoms with E-state index in [1.54, 1.807) is 0 Å². The van der Waals surface area contributed by atoms with Crippen LogP contribution >= 0.6 is 0 Å². The Balaban J connectivity index is 1.70. The van der Waals surface area contributed by atoms with Crippen molar-refractivity contribution in [1.82, 2.24) is 4.90 Å². The van der Waals surface area contributed by atoms with Crippen LogP contribution in [0.25, 0.3) is 0 Å². The second kappa shape index (κ2) is 5.50. The van der Waals surface area contributed by atoms with Crippen molar-refractivity contribution in [3.8, 4) is 0 Å². The van der Waals surface area contributed by atoms with Gasteiger partial charge < -0.3 is 10.2 Å². The minimum atomic E-state index is -3.22. The van der Waals surface area contributed by atoms with Crippen molar-refractivity contribution in [2.24, 2.45) is 5.92 Å². The molecule has 0 amide bonds. The van der Waals surface area contributed by atoms with Crippen LogP contribution in [0.15, 0.2) is 18.2 Å². The van der Waals surface area contributed by atoms with Gasteiger partial charge in [0.05, 0.1) is 11.9 Å². The molecule has 0 aromatic heterocycles. The molecular weight excluding hydrogens is 286 g/mol. The Bertz CT molecular complexity index is 630. The number of anilines is 2. The fourth-order valence-corrected chi connectivity index (χ4v) is 4.05. The van der Waals surface area contributed by atoms with Gasteiger partial charge in [-0.3, -0.25) is 4.72 Å². The first-order valence-electron chi connectivity index (χ1n) is 7.48. The maximum Gasteiger partial charge on any atom is 0.229 e.